The van der Waals surface area contributed by atoms with Gasteiger partial charge in [0.2, 0.25) is 0 Å². The molecule has 1 saturated carbocycles. The number of nitrogens with one attached hydrogen (secondary N) is 3. The van der Waals surface area contributed by atoms with E-state index in [0.717, 1.165) is 12.0 Å². The third kappa shape index (κ3) is 5.89. The Hall–Kier alpha value is -4.09. The van der Waals surface area contributed by atoms with E-state index in [-0.39, 0.29) is 12.5 Å². The molecule has 0 spiro atoms. The number of nitrogens with zero attached hydrogens (tertiary/aromatic N) is 1. The summed E-state index contributed by atoms with van der Waals surface area (Å²) in [4.78, 5) is 27.0. The lowest BCUT2D eigenvalue weighted by Crippen LogP contribution is -2.51. The molecule has 0 radical (unpaired) electrons. The molecule has 0 aromatic heterocycles. The Bertz CT molecular complexity index is 1210. The molecule has 2 aliphatic rings. The van der Waals surface area contributed by atoms with Crippen molar-refractivity contribution in [3.63, 3.8) is 0 Å². The molecule has 35 heavy (non-hydrogen) atoms. The molecule has 1 aliphatic heterocycles. The van der Waals surface area contributed by atoms with E-state index in [9.17, 15) is 14.7 Å². The fourth-order valence-corrected chi connectivity index (χ4v) is 3.84. The highest BCUT2D eigenvalue weighted by Gasteiger charge is 2.32. The molecule has 2 aromatic rings. The first-order chi connectivity index (χ1) is 16.9. The number of likely N-dealkylation sites (N-methyl/N-ethyl adjacent to an activating group) is 1. The van der Waals surface area contributed by atoms with Gasteiger partial charge in [-0.25, -0.2) is 4.79 Å². The van der Waals surface area contributed by atoms with Crippen molar-refractivity contribution < 1.29 is 19.4 Å². The Labute approximate surface area is 204 Å². The second-order valence-electron chi connectivity index (χ2n) is 8.72. The number of hydrogen-bond donors (Lipinski definition) is 4. The average molecular weight is 473 g/mol. The molecule has 180 valence electrons. The molecule has 4 N–H and O–H groups in total. The zero-order chi connectivity index (χ0) is 24.8. The molecule has 0 bridgehead atoms. The first kappa shape index (κ1) is 24.0. The van der Waals surface area contributed by atoms with Crippen LogP contribution in [-0.2, 0) is 11.2 Å². The maximum atomic E-state index is 13.0. The monoisotopic (exact) mass is 472 g/mol. The van der Waals surface area contributed by atoms with Gasteiger partial charge in [0.15, 0.2) is 0 Å². The predicted molar refractivity (Wildman–Crippen MR) is 133 cm³/mol. The normalized spacial score (nSPS) is 18.6. The Balaban J connectivity index is 1.40. The molecule has 1 atom stereocenters. The van der Waals surface area contributed by atoms with Gasteiger partial charge in [0.05, 0.1) is 5.69 Å². The van der Waals surface area contributed by atoms with Gasteiger partial charge in [-0.15, -0.1) is 0 Å². The third-order valence-electron chi connectivity index (χ3n) is 6.11. The highest BCUT2D eigenvalue weighted by Crippen LogP contribution is 2.33. The van der Waals surface area contributed by atoms with Crippen molar-refractivity contribution in [1.82, 2.24) is 10.6 Å². The van der Waals surface area contributed by atoms with Gasteiger partial charge in [0.25, 0.3) is 5.91 Å². The standard InChI is InChI=1S/C27H28N4O4/c1-31-23-15-20(10-13-27(34)11-5-12-27)8-9-24(23)35-18-22(25(31)32)30-26(33)29-17-21(16-28)14-19-6-3-2-4-7-19/h2-4,6-9,15-17,22,28,34H,5,11-12,14,18H2,1H3,(H2,29,30,33)/b21-17-,28-16?/t22-/m0/s1. The van der Waals surface area contributed by atoms with Crippen molar-refractivity contribution >= 4 is 23.8 Å². The largest absolute Gasteiger partial charge is 0.489 e. The van der Waals surface area contributed by atoms with Crippen molar-refractivity contribution in [3.8, 4) is 17.6 Å². The molecular weight excluding hydrogens is 444 g/mol. The Morgan fingerprint density at radius 2 is 2.06 bits per heavy atom. The SMILES string of the molecule is CN1C(=O)[C@@H](NC(=O)N/C=C(\C=N)Cc2ccccc2)COc2ccc(C#CC3(O)CCC3)cc21. The lowest BCUT2D eigenvalue weighted by Gasteiger charge is -2.30. The van der Waals surface area contributed by atoms with Crippen LogP contribution < -0.4 is 20.3 Å². The van der Waals surface area contributed by atoms with Gasteiger partial charge in [-0.1, -0.05) is 42.2 Å². The number of fused-ring (bicyclic) bond motifs is 1. The van der Waals surface area contributed by atoms with E-state index in [4.69, 9.17) is 10.1 Å². The first-order valence-electron chi connectivity index (χ1n) is 11.5. The number of carbonyl (C=O) groups excluding carboxylic acids is 2. The topological polar surface area (TPSA) is 115 Å². The summed E-state index contributed by atoms with van der Waals surface area (Å²) in [7, 11) is 1.62. The van der Waals surface area contributed by atoms with Crippen molar-refractivity contribution in [2.24, 2.45) is 0 Å². The van der Waals surface area contributed by atoms with E-state index >= 15 is 0 Å². The zero-order valence-electron chi connectivity index (χ0n) is 19.5. The van der Waals surface area contributed by atoms with Crippen molar-refractivity contribution in [3.05, 3.63) is 71.4 Å². The van der Waals surface area contributed by atoms with E-state index in [1.165, 1.54) is 17.3 Å². The van der Waals surface area contributed by atoms with E-state index in [2.05, 4.69) is 22.5 Å². The summed E-state index contributed by atoms with van der Waals surface area (Å²) in [6.45, 7) is -0.0282. The van der Waals surface area contributed by atoms with Crippen molar-refractivity contribution in [2.45, 2.75) is 37.3 Å². The number of rotatable bonds is 5. The summed E-state index contributed by atoms with van der Waals surface area (Å²) in [5.74, 6) is 6.08. The van der Waals surface area contributed by atoms with E-state index in [0.29, 0.717) is 41.8 Å². The summed E-state index contributed by atoms with van der Waals surface area (Å²) < 4.78 is 5.81. The van der Waals surface area contributed by atoms with Gasteiger partial charge in [0, 0.05) is 31.4 Å². The highest BCUT2D eigenvalue weighted by atomic mass is 16.5. The number of hydrogen-bond acceptors (Lipinski definition) is 5. The lowest BCUT2D eigenvalue weighted by molar-refractivity contribution is -0.120. The van der Waals surface area contributed by atoms with Crippen LogP contribution in [0.5, 0.6) is 5.75 Å². The predicted octanol–water partition coefficient (Wildman–Crippen LogP) is 2.75. The molecule has 3 amide bonds. The van der Waals surface area contributed by atoms with Gasteiger partial charge in [-0.3, -0.25) is 4.79 Å². The minimum absolute atomic E-state index is 0.0282. The lowest BCUT2D eigenvalue weighted by atomic mass is 9.81. The highest BCUT2D eigenvalue weighted by molar-refractivity contribution is 6.00. The number of urea groups is 1. The summed E-state index contributed by atoms with van der Waals surface area (Å²) in [6.07, 6.45) is 5.44. The van der Waals surface area contributed by atoms with Crippen LogP contribution in [0.1, 0.15) is 30.4 Å². The Morgan fingerprint density at radius 1 is 1.29 bits per heavy atom. The smallest absolute Gasteiger partial charge is 0.319 e. The molecule has 1 aliphatic carbocycles. The van der Waals surface area contributed by atoms with Crippen LogP contribution >= 0.6 is 0 Å². The van der Waals surface area contributed by atoms with Crippen LogP contribution in [0.25, 0.3) is 0 Å². The molecule has 1 heterocycles. The van der Waals surface area contributed by atoms with Crippen molar-refractivity contribution in [2.75, 3.05) is 18.6 Å². The van der Waals surface area contributed by atoms with Crippen LogP contribution in [0, 0.1) is 17.3 Å². The number of amides is 3. The quantitative estimate of drug-likeness (QED) is 0.396. The molecule has 8 heteroatoms. The van der Waals surface area contributed by atoms with E-state index < -0.39 is 17.7 Å². The van der Waals surface area contributed by atoms with Crippen LogP contribution in [-0.4, -0.2) is 48.6 Å². The minimum Gasteiger partial charge on any atom is -0.489 e. The molecule has 2 aromatic carbocycles. The second-order valence-corrected chi connectivity index (χ2v) is 8.72. The van der Waals surface area contributed by atoms with Crippen molar-refractivity contribution in [1.29, 1.82) is 5.41 Å². The van der Waals surface area contributed by atoms with E-state index in [1.54, 1.807) is 25.2 Å². The van der Waals surface area contributed by atoms with E-state index in [1.807, 2.05) is 30.3 Å². The van der Waals surface area contributed by atoms with Gasteiger partial charge in [-0.05, 0) is 48.6 Å². The fraction of sp³-hybridized carbons (Fsp3) is 0.296. The number of aliphatic hydroxyl groups is 1. The van der Waals surface area contributed by atoms with Crippen LogP contribution in [0.4, 0.5) is 10.5 Å². The third-order valence-corrected chi connectivity index (χ3v) is 6.11. The molecule has 1 fully saturated rings. The summed E-state index contributed by atoms with van der Waals surface area (Å²) in [5.41, 5.74) is 1.92. The fourth-order valence-electron chi connectivity index (χ4n) is 3.84. The average Bonchev–Trinajstić information content (AvgIpc) is 2.96. The number of benzene rings is 2. The second kappa shape index (κ2) is 10.5. The molecule has 4 rings (SSSR count). The number of carbonyl (C=O) groups is 2. The Morgan fingerprint density at radius 3 is 2.74 bits per heavy atom. The summed E-state index contributed by atoms with van der Waals surface area (Å²) in [6, 6.07) is 13.4. The summed E-state index contributed by atoms with van der Waals surface area (Å²) >= 11 is 0. The molecule has 8 nitrogen and oxygen atoms in total. The minimum atomic E-state index is -0.916. The van der Waals surface area contributed by atoms with Gasteiger partial charge in [0.1, 0.15) is 24.0 Å². The molecular formula is C27H28N4O4. The van der Waals surface area contributed by atoms with Crippen LogP contribution in [0.2, 0.25) is 0 Å². The van der Waals surface area contributed by atoms with Gasteiger partial charge < -0.3 is 30.8 Å². The maximum absolute atomic E-state index is 13.0. The molecule has 0 saturated heterocycles. The number of anilines is 1. The zero-order valence-corrected chi connectivity index (χ0v) is 19.5. The van der Waals surface area contributed by atoms with Crippen LogP contribution in [0.3, 0.4) is 0 Å². The van der Waals surface area contributed by atoms with Crippen LogP contribution in [0.15, 0.2) is 60.3 Å². The summed E-state index contributed by atoms with van der Waals surface area (Å²) in [5, 5.41) is 23.0. The first-order valence-corrected chi connectivity index (χ1v) is 11.5. The maximum Gasteiger partial charge on any atom is 0.319 e. The molecule has 0 unspecified atom stereocenters. The van der Waals surface area contributed by atoms with Gasteiger partial charge in [-0.2, -0.15) is 0 Å². The Kier molecular flexibility index (Phi) is 7.18. The number of ether oxygens (including phenoxy) is 1. The van der Waals surface area contributed by atoms with Gasteiger partial charge >= 0.3 is 6.03 Å². The number of allylic oxidation sites excluding steroid dienone is 1.